The molecule has 0 aromatic heterocycles. The highest BCUT2D eigenvalue weighted by atomic mass is 35.5. The molecule has 2 aromatic carbocycles. The van der Waals surface area contributed by atoms with E-state index in [0.29, 0.717) is 11.6 Å². The molecule has 2 aromatic rings. The third kappa shape index (κ3) is 3.73. The molecule has 0 spiro atoms. The lowest BCUT2D eigenvalue weighted by atomic mass is 10.1. The second-order valence-electron chi connectivity index (χ2n) is 6.14. The van der Waals surface area contributed by atoms with E-state index in [4.69, 9.17) is 11.6 Å². The first kappa shape index (κ1) is 18.4. The Morgan fingerprint density at radius 3 is 2.54 bits per heavy atom. The highest BCUT2D eigenvalue weighted by Gasteiger charge is 2.42. The van der Waals surface area contributed by atoms with E-state index in [1.54, 1.807) is 43.3 Å². The van der Waals surface area contributed by atoms with Gasteiger partial charge in [0, 0.05) is 17.1 Å². The zero-order valence-electron chi connectivity index (χ0n) is 14.0. The number of nitrogens with zero attached hydrogens (tertiary/aromatic N) is 1. The van der Waals surface area contributed by atoms with E-state index in [9.17, 15) is 18.0 Å². The smallest absolute Gasteiger partial charge is 0.251 e. The molecule has 1 aliphatic rings. The van der Waals surface area contributed by atoms with Gasteiger partial charge >= 0.3 is 0 Å². The number of halogens is 1. The van der Waals surface area contributed by atoms with Crippen LogP contribution in [0.5, 0.6) is 0 Å². The molecule has 3 rings (SSSR count). The van der Waals surface area contributed by atoms with Crippen molar-refractivity contribution in [2.24, 2.45) is 5.92 Å². The van der Waals surface area contributed by atoms with Gasteiger partial charge in [0.2, 0.25) is 15.9 Å². The average Bonchev–Trinajstić information content (AvgIpc) is 2.81. The number of amides is 2. The van der Waals surface area contributed by atoms with Crippen LogP contribution in [0, 0.1) is 5.92 Å². The van der Waals surface area contributed by atoms with Crippen molar-refractivity contribution in [3.05, 3.63) is 64.7 Å². The highest BCUT2D eigenvalue weighted by molar-refractivity contribution is 7.94. The number of hydrogen-bond donors (Lipinski definition) is 1. The van der Waals surface area contributed by atoms with Crippen molar-refractivity contribution in [1.29, 1.82) is 0 Å². The van der Waals surface area contributed by atoms with Crippen molar-refractivity contribution >= 4 is 39.1 Å². The van der Waals surface area contributed by atoms with Gasteiger partial charge in [0.1, 0.15) is 0 Å². The molecule has 0 saturated carbocycles. The van der Waals surface area contributed by atoms with Crippen LogP contribution >= 0.6 is 11.6 Å². The second kappa shape index (κ2) is 7.09. The van der Waals surface area contributed by atoms with E-state index < -0.39 is 21.8 Å². The predicted molar refractivity (Wildman–Crippen MR) is 99.5 cm³/mol. The zero-order chi connectivity index (χ0) is 18.9. The van der Waals surface area contributed by atoms with Gasteiger partial charge in [0.25, 0.3) is 5.91 Å². The average molecular weight is 393 g/mol. The second-order valence-corrected chi connectivity index (χ2v) is 8.44. The number of carbonyl (C=O) groups is 2. The van der Waals surface area contributed by atoms with E-state index in [1.807, 2.05) is 0 Å². The molecule has 1 heterocycles. The molecule has 0 radical (unpaired) electrons. The standard InChI is InChI=1S/C18H17ClN2O4S/c1-12-11-26(24,25)21(18(12)23)16-4-2-3-14(9-16)17(22)20-10-13-5-7-15(19)8-6-13/h2-9,12H,10-11H2,1H3,(H,20,22). The van der Waals surface area contributed by atoms with E-state index >= 15 is 0 Å². The first-order valence-electron chi connectivity index (χ1n) is 7.97. The van der Waals surface area contributed by atoms with Gasteiger partial charge in [-0.15, -0.1) is 0 Å². The molecule has 1 aliphatic heterocycles. The van der Waals surface area contributed by atoms with E-state index in [-0.39, 0.29) is 22.9 Å². The Kier molecular flexibility index (Phi) is 5.02. The Balaban J connectivity index is 1.77. The van der Waals surface area contributed by atoms with Crippen molar-refractivity contribution < 1.29 is 18.0 Å². The van der Waals surface area contributed by atoms with Crippen LogP contribution in [0.2, 0.25) is 5.02 Å². The van der Waals surface area contributed by atoms with Gasteiger partial charge in [0.15, 0.2) is 0 Å². The Hall–Kier alpha value is -2.38. The summed E-state index contributed by atoms with van der Waals surface area (Å²) in [4.78, 5) is 24.5. The quantitative estimate of drug-likeness (QED) is 0.866. The van der Waals surface area contributed by atoms with Crippen molar-refractivity contribution in [3.63, 3.8) is 0 Å². The topological polar surface area (TPSA) is 83.6 Å². The first-order chi connectivity index (χ1) is 12.3. The maximum atomic E-state index is 12.4. The van der Waals surface area contributed by atoms with Gasteiger partial charge in [-0.2, -0.15) is 0 Å². The van der Waals surface area contributed by atoms with Gasteiger partial charge in [0.05, 0.1) is 17.4 Å². The van der Waals surface area contributed by atoms with Gasteiger partial charge in [-0.3, -0.25) is 9.59 Å². The number of benzene rings is 2. The summed E-state index contributed by atoms with van der Waals surface area (Å²) in [5.41, 5.74) is 1.34. The fourth-order valence-corrected chi connectivity index (χ4v) is 4.69. The Labute approximate surface area is 156 Å². The minimum absolute atomic E-state index is 0.179. The van der Waals surface area contributed by atoms with E-state index in [2.05, 4.69) is 5.32 Å². The van der Waals surface area contributed by atoms with Gasteiger partial charge in [-0.1, -0.05) is 36.7 Å². The lowest BCUT2D eigenvalue weighted by molar-refractivity contribution is -0.119. The summed E-state index contributed by atoms with van der Waals surface area (Å²) in [7, 11) is -3.70. The minimum atomic E-state index is -3.70. The number of hydrogen-bond acceptors (Lipinski definition) is 4. The largest absolute Gasteiger partial charge is 0.348 e. The van der Waals surface area contributed by atoms with Crippen molar-refractivity contribution in [2.75, 3.05) is 10.1 Å². The molecule has 1 N–H and O–H groups in total. The Morgan fingerprint density at radius 2 is 1.92 bits per heavy atom. The molecule has 1 unspecified atom stereocenters. The first-order valence-corrected chi connectivity index (χ1v) is 9.96. The molecule has 6 nitrogen and oxygen atoms in total. The molecule has 1 saturated heterocycles. The van der Waals surface area contributed by atoms with Crippen LogP contribution in [0.3, 0.4) is 0 Å². The molecule has 26 heavy (non-hydrogen) atoms. The zero-order valence-corrected chi connectivity index (χ0v) is 15.5. The summed E-state index contributed by atoms with van der Waals surface area (Å²) in [6.07, 6.45) is 0. The Morgan fingerprint density at radius 1 is 1.23 bits per heavy atom. The lowest BCUT2D eigenvalue weighted by Crippen LogP contribution is -2.30. The van der Waals surface area contributed by atoms with Gasteiger partial charge in [-0.05, 0) is 35.9 Å². The van der Waals surface area contributed by atoms with Gasteiger partial charge < -0.3 is 5.32 Å². The summed E-state index contributed by atoms with van der Waals surface area (Å²) < 4.78 is 25.2. The fraction of sp³-hybridized carbons (Fsp3) is 0.222. The number of rotatable bonds is 4. The summed E-state index contributed by atoms with van der Waals surface area (Å²) in [5.74, 6) is -1.66. The molecular formula is C18H17ClN2O4S. The van der Waals surface area contributed by atoms with Gasteiger partial charge in [-0.25, -0.2) is 12.7 Å². The lowest BCUT2D eigenvalue weighted by Gasteiger charge is -2.16. The van der Waals surface area contributed by atoms with Crippen LogP contribution in [0.1, 0.15) is 22.8 Å². The van der Waals surface area contributed by atoms with E-state index in [0.717, 1.165) is 9.87 Å². The molecule has 0 bridgehead atoms. The maximum Gasteiger partial charge on any atom is 0.251 e. The number of anilines is 1. The summed E-state index contributed by atoms with van der Waals surface area (Å²) >= 11 is 5.83. The van der Waals surface area contributed by atoms with Crippen LogP contribution < -0.4 is 9.62 Å². The summed E-state index contributed by atoms with van der Waals surface area (Å²) in [6, 6.07) is 13.1. The van der Waals surface area contributed by atoms with E-state index in [1.165, 1.54) is 12.1 Å². The number of sulfonamides is 1. The van der Waals surface area contributed by atoms with Crippen molar-refractivity contribution in [2.45, 2.75) is 13.5 Å². The van der Waals surface area contributed by atoms with Crippen molar-refractivity contribution in [1.82, 2.24) is 5.32 Å². The molecule has 0 aliphatic carbocycles. The van der Waals surface area contributed by atoms with Crippen LogP contribution in [0.4, 0.5) is 5.69 Å². The molecular weight excluding hydrogens is 376 g/mol. The molecule has 2 amide bonds. The monoisotopic (exact) mass is 392 g/mol. The van der Waals surface area contributed by atoms with Crippen LogP contribution in [-0.4, -0.2) is 26.0 Å². The highest BCUT2D eigenvalue weighted by Crippen LogP contribution is 2.28. The molecule has 8 heteroatoms. The third-order valence-electron chi connectivity index (χ3n) is 4.07. The molecule has 1 fully saturated rings. The van der Waals surface area contributed by atoms with Crippen molar-refractivity contribution in [3.8, 4) is 0 Å². The SMILES string of the molecule is CC1CS(=O)(=O)N(c2cccc(C(=O)NCc3ccc(Cl)cc3)c2)C1=O. The van der Waals surface area contributed by atoms with Crippen LogP contribution in [-0.2, 0) is 21.4 Å². The van der Waals surface area contributed by atoms with Crippen LogP contribution in [0.15, 0.2) is 48.5 Å². The molecule has 136 valence electrons. The Bertz CT molecular complexity index is 957. The molecule has 1 atom stereocenters. The maximum absolute atomic E-state index is 12.4. The minimum Gasteiger partial charge on any atom is -0.348 e. The number of nitrogens with one attached hydrogen (secondary N) is 1. The third-order valence-corrected chi connectivity index (χ3v) is 6.19. The van der Waals surface area contributed by atoms with Crippen LogP contribution in [0.25, 0.3) is 0 Å². The summed E-state index contributed by atoms with van der Waals surface area (Å²) in [6.45, 7) is 1.88. The normalized spacial score (nSPS) is 18.8. The fourth-order valence-electron chi connectivity index (χ4n) is 2.75. The summed E-state index contributed by atoms with van der Waals surface area (Å²) in [5, 5.41) is 3.37. The predicted octanol–water partition coefficient (Wildman–Crippen LogP) is 2.58. The number of carbonyl (C=O) groups excluding carboxylic acids is 2.